The van der Waals surface area contributed by atoms with Crippen molar-refractivity contribution < 1.29 is 43.2 Å². The van der Waals surface area contributed by atoms with E-state index in [2.05, 4.69) is 25.9 Å². The van der Waals surface area contributed by atoms with Crippen molar-refractivity contribution in [1.82, 2.24) is 16.1 Å². The molecule has 214 valence electrons. The van der Waals surface area contributed by atoms with Gasteiger partial charge in [0.15, 0.2) is 24.3 Å². The minimum Gasteiger partial charge on any atom is -0.490 e. The number of carbonyl (C=O) groups excluding carboxylic acids is 3. The molecule has 2 amide bonds. The first kappa shape index (κ1) is 29.8. The van der Waals surface area contributed by atoms with Crippen LogP contribution in [0.5, 0.6) is 17.2 Å². The second kappa shape index (κ2) is 14.4. The normalized spacial score (nSPS) is 15.5. The molecule has 2 atom stereocenters. The molecule has 1 aliphatic heterocycles. The summed E-state index contributed by atoms with van der Waals surface area (Å²) in [6, 6.07) is 10.5. The third-order valence-electron chi connectivity index (χ3n) is 5.57. The molecule has 0 fully saturated rings. The predicted octanol–water partition coefficient (Wildman–Crippen LogP) is 1.76. The first-order chi connectivity index (χ1) is 19.2. The molecule has 0 saturated heterocycles. The molecule has 40 heavy (non-hydrogen) atoms. The van der Waals surface area contributed by atoms with Gasteiger partial charge >= 0.3 is 18.0 Å². The van der Waals surface area contributed by atoms with Crippen LogP contribution in [0.4, 0.5) is 4.79 Å². The van der Waals surface area contributed by atoms with Crippen molar-refractivity contribution >= 4 is 24.2 Å². The van der Waals surface area contributed by atoms with E-state index in [0.29, 0.717) is 35.1 Å². The highest BCUT2D eigenvalue weighted by atomic mass is 16.6. The van der Waals surface area contributed by atoms with E-state index in [-0.39, 0.29) is 18.8 Å². The van der Waals surface area contributed by atoms with Gasteiger partial charge in [0.25, 0.3) is 0 Å². The third kappa shape index (κ3) is 8.11. The molecule has 4 N–H and O–H groups in total. The minimum atomic E-state index is -1.15. The van der Waals surface area contributed by atoms with Gasteiger partial charge in [-0.25, -0.2) is 14.4 Å². The molecule has 2 aromatic rings. The number of methoxy groups -OCH3 is 2. The fraction of sp³-hybridized carbons (Fsp3) is 0.333. The number of urea groups is 1. The van der Waals surface area contributed by atoms with Gasteiger partial charge in [0, 0.05) is 5.70 Å². The van der Waals surface area contributed by atoms with E-state index in [4.69, 9.17) is 18.9 Å². The Hall–Kier alpha value is -4.78. The quantitative estimate of drug-likeness (QED) is 0.124. The number of esters is 2. The highest BCUT2D eigenvalue weighted by Crippen LogP contribution is 2.34. The van der Waals surface area contributed by atoms with Gasteiger partial charge in [-0.2, -0.15) is 5.10 Å². The van der Waals surface area contributed by atoms with Gasteiger partial charge in [-0.05, 0) is 61.4 Å². The smallest absolute Gasteiger partial charge is 0.343 e. The van der Waals surface area contributed by atoms with Crippen molar-refractivity contribution in [3.8, 4) is 17.2 Å². The highest BCUT2D eigenvalue weighted by molar-refractivity contribution is 5.95. The van der Waals surface area contributed by atoms with E-state index < -0.39 is 30.2 Å². The van der Waals surface area contributed by atoms with Gasteiger partial charge in [-0.3, -0.25) is 5.43 Å². The van der Waals surface area contributed by atoms with Crippen LogP contribution in [0.2, 0.25) is 0 Å². The van der Waals surface area contributed by atoms with E-state index in [1.54, 1.807) is 56.3 Å². The van der Waals surface area contributed by atoms with Crippen LogP contribution in [0.1, 0.15) is 31.0 Å². The zero-order chi connectivity index (χ0) is 29.1. The van der Waals surface area contributed by atoms with E-state index in [0.717, 1.165) is 5.56 Å². The number of ether oxygens (including phenoxy) is 5. The summed E-state index contributed by atoms with van der Waals surface area (Å²) in [6.07, 6.45) is 0.350. The molecule has 0 radical (unpaired) electrons. The third-order valence-corrected chi connectivity index (χ3v) is 5.57. The molecular formula is C27H32N4O9. The standard InChI is InChI=1S/C27H32N4O9/c1-5-38-21-12-18(25-24(26(34)37-4)16(2)29-27(35)30-25)8-11-20(21)40-14-22(32)31-28-13-17-6-9-19(10-7-17)39-15-23(33)36-3/h6-13,22,25,31-32H,5,14-15H2,1-4H3,(H2,29,30,35)/b28-13-/t22-,25+/m0/s1. The Morgan fingerprint density at radius 3 is 2.50 bits per heavy atom. The summed E-state index contributed by atoms with van der Waals surface area (Å²) < 4.78 is 26.1. The second-order valence-corrected chi connectivity index (χ2v) is 8.35. The van der Waals surface area contributed by atoms with Crippen LogP contribution >= 0.6 is 0 Å². The summed E-state index contributed by atoms with van der Waals surface area (Å²) in [5, 5.41) is 19.6. The zero-order valence-corrected chi connectivity index (χ0v) is 22.6. The summed E-state index contributed by atoms with van der Waals surface area (Å²) in [6.45, 7) is 3.40. The van der Waals surface area contributed by atoms with Gasteiger partial charge in [0.05, 0.1) is 38.7 Å². The van der Waals surface area contributed by atoms with E-state index >= 15 is 0 Å². The molecule has 13 heteroatoms. The number of carbonyl (C=O) groups is 3. The number of nitrogens with zero attached hydrogens (tertiary/aromatic N) is 1. The van der Waals surface area contributed by atoms with E-state index in [9.17, 15) is 19.5 Å². The summed E-state index contributed by atoms with van der Waals surface area (Å²) in [5.41, 5.74) is 4.52. The Morgan fingerprint density at radius 1 is 1.07 bits per heavy atom. The number of benzene rings is 2. The lowest BCUT2D eigenvalue weighted by molar-refractivity contribution is -0.143. The maximum atomic E-state index is 12.4. The van der Waals surface area contributed by atoms with Crippen LogP contribution < -0.4 is 30.3 Å². The average Bonchev–Trinajstić information content (AvgIpc) is 2.95. The van der Waals surface area contributed by atoms with Crippen molar-refractivity contribution in [2.75, 3.05) is 34.0 Å². The number of aliphatic hydroxyl groups is 1. The van der Waals surface area contributed by atoms with Crippen LogP contribution in [-0.2, 0) is 19.1 Å². The average molecular weight is 557 g/mol. The first-order valence-electron chi connectivity index (χ1n) is 12.3. The number of allylic oxidation sites excluding steroid dienone is 1. The number of aliphatic hydroxyl groups excluding tert-OH is 1. The second-order valence-electron chi connectivity index (χ2n) is 8.35. The zero-order valence-electron chi connectivity index (χ0n) is 22.6. The van der Waals surface area contributed by atoms with Crippen LogP contribution in [0.15, 0.2) is 58.8 Å². The van der Waals surface area contributed by atoms with E-state index in [1.165, 1.54) is 20.4 Å². The number of hydrogen-bond acceptors (Lipinski definition) is 11. The first-order valence-corrected chi connectivity index (χ1v) is 12.3. The van der Waals surface area contributed by atoms with Crippen LogP contribution in [-0.4, -0.2) is 69.6 Å². The SMILES string of the molecule is CCOc1cc([C@H]2NC(=O)NC(C)=C2C(=O)OC)ccc1OC[C@H](O)N/N=C\c1ccc(OCC(=O)OC)cc1. The Labute approximate surface area is 231 Å². The lowest BCUT2D eigenvalue weighted by Crippen LogP contribution is -2.45. The number of rotatable bonds is 13. The van der Waals surface area contributed by atoms with Crippen LogP contribution in [0, 0.1) is 0 Å². The van der Waals surface area contributed by atoms with Gasteiger partial charge in [0.1, 0.15) is 12.4 Å². The van der Waals surface area contributed by atoms with Gasteiger partial charge < -0.3 is 39.4 Å². The maximum Gasteiger partial charge on any atom is 0.343 e. The molecule has 0 saturated carbocycles. The summed E-state index contributed by atoms with van der Waals surface area (Å²) in [7, 11) is 2.55. The van der Waals surface area contributed by atoms with Crippen LogP contribution in [0.3, 0.4) is 0 Å². The highest BCUT2D eigenvalue weighted by Gasteiger charge is 2.32. The van der Waals surface area contributed by atoms with Gasteiger partial charge in [-0.1, -0.05) is 6.07 Å². The molecule has 0 aliphatic carbocycles. The summed E-state index contributed by atoms with van der Waals surface area (Å²) >= 11 is 0. The van der Waals surface area contributed by atoms with Crippen molar-refractivity contribution in [2.45, 2.75) is 26.1 Å². The largest absolute Gasteiger partial charge is 0.490 e. The molecule has 0 aromatic heterocycles. The number of hydrazone groups is 1. The predicted molar refractivity (Wildman–Crippen MR) is 143 cm³/mol. The van der Waals surface area contributed by atoms with Crippen LogP contribution in [0.25, 0.3) is 0 Å². The van der Waals surface area contributed by atoms with Gasteiger partial charge in [-0.15, -0.1) is 0 Å². The number of amides is 2. The Bertz CT molecular complexity index is 1260. The molecule has 3 rings (SSSR count). The topological polar surface area (TPSA) is 166 Å². The fourth-order valence-electron chi connectivity index (χ4n) is 3.67. The Morgan fingerprint density at radius 2 is 1.82 bits per heavy atom. The van der Waals surface area contributed by atoms with Gasteiger partial charge in [0.2, 0.25) is 0 Å². The molecule has 0 unspecified atom stereocenters. The molecule has 13 nitrogen and oxygen atoms in total. The molecular weight excluding hydrogens is 524 g/mol. The molecule has 1 heterocycles. The van der Waals surface area contributed by atoms with Crippen molar-refractivity contribution in [1.29, 1.82) is 0 Å². The lowest BCUT2D eigenvalue weighted by atomic mass is 9.95. The fourth-order valence-corrected chi connectivity index (χ4v) is 3.67. The Balaban J connectivity index is 1.61. The van der Waals surface area contributed by atoms with E-state index in [1.807, 2.05) is 0 Å². The van der Waals surface area contributed by atoms with Crippen molar-refractivity contribution in [2.24, 2.45) is 5.10 Å². The number of nitrogens with one attached hydrogen (secondary N) is 3. The number of hydrogen-bond donors (Lipinski definition) is 4. The molecule has 1 aliphatic rings. The molecule has 2 aromatic carbocycles. The molecule has 0 bridgehead atoms. The summed E-state index contributed by atoms with van der Waals surface area (Å²) in [4.78, 5) is 35.6. The monoisotopic (exact) mass is 556 g/mol. The molecule has 0 spiro atoms. The lowest BCUT2D eigenvalue weighted by Gasteiger charge is -2.28. The Kier molecular flexibility index (Phi) is 10.7. The minimum absolute atomic E-state index is 0.159. The van der Waals surface area contributed by atoms with Crippen molar-refractivity contribution in [3.63, 3.8) is 0 Å². The van der Waals surface area contributed by atoms with Crippen molar-refractivity contribution in [3.05, 3.63) is 64.9 Å². The maximum absolute atomic E-state index is 12.4. The summed E-state index contributed by atoms with van der Waals surface area (Å²) in [5.74, 6) is 0.144.